The fourth-order valence-electron chi connectivity index (χ4n) is 3.66. The number of carbonyl (C=O) groups excluding carboxylic acids is 1. The maximum Gasteiger partial charge on any atom is 0.249 e. The van der Waals surface area contributed by atoms with Crippen molar-refractivity contribution in [2.75, 3.05) is 13.2 Å². The minimum absolute atomic E-state index is 0.0313. The van der Waals surface area contributed by atoms with Crippen molar-refractivity contribution in [1.29, 1.82) is 0 Å². The predicted octanol–water partition coefficient (Wildman–Crippen LogP) is 3.91. The summed E-state index contributed by atoms with van der Waals surface area (Å²) >= 11 is 6.01. The van der Waals surface area contributed by atoms with Crippen molar-refractivity contribution >= 4 is 17.5 Å². The van der Waals surface area contributed by atoms with Gasteiger partial charge in [-0.3, -0.25) is 4.79 Å². The van der Waals surface area contributed by atoms with E-state index >= 15 is 0 Å². The first-order valence-electron chi connectivity index (χ1n) is 9.05. The number of benzene rings is 2. The molecule has 2 aromatic carbocycles. The minimum Gasteiger partial charge on any atom is -0.487 e. The second kappa shape index (κ2) is 7.29. The van der Waals surface area contributed by atoms with Gasteiger partial charge in [0, 0.05) is 23.6 Å². The molecular formula is C21H22ClNO3. The van der Waals surface area contributed by atoms with Gasteiger partial charge in [0.2, 0.25) is 5.91 Å². The highest BCUT2D eigenvalue weighted by molar-refractivity contribution is 6.30. The Kier molecular flexibility index (Phi) is 4.88. The van der Waals surface area contributed by atoms with Gasteiger partial charge in [-0.05, 0) is 54.7 Å². The lowest BCUT2D eigenvalue weighted by molar-refractivity contribution is -0.130. The molecule has 2 heterocycles. The third-order valence-electron chi connectivity index (χ3n) is 4.92. The lowest BCUT2D eigenvalue weighted by Crippen LogP contribution is -2.40. The first kappa shape index (κ1) is 17.4. The van der Waals surface area contributed by atoms with Gasteiger partial charge < -0.3 is 14.8 Å². The highest BCUT2D eigenvalue weighted by Gasteiger charge is 2.29. The summed E-state index contributed by atoms with van der Waals surface area (Å²) in [7, 11) is 0. The lowest BCUT2D eigenvalue weighted by Gasteiger charge is -2.15. The van der Waals surface area contributed by atoms with Crippen LogP contribution in [-0.2, 0) is 16.0 Å². The summed E-state index contributed by atoms with van der Waals surface area (Å²) in [5, 5.41) is 3.69. The molecular weight excluding hydrogens is 350 g/mol. The van der Waals surface area contributed by atoms with Crippen LogP contribution in [0.3, 0.4) is 0 Å². The highest BCUT2D eigenvalue weighted by atomic mass is 35.5. The third kappa shape index (κ3) is 3.57. The van der Waals surface area contributed by atoms with Crippen molar-refractivity contribution in [3.63, 3.8) is 0 Å². The summed E-state index contributed by atoms with van der Waals surface area (Å²) in [5.41, 5.74) is 4.54. The molecule has 0 saturated carbocycles. The fraction of sp³-hybridized carbons (Fsp3) is 0.381. The Bertz CT molecular complexity index is 813. The monoisotopic (exact) mass is 371 g/mol. The first-order valence-corrected chi connectivity index (χ1v) is 9.43. The number of ether oxygens (including phenoxy) is 2. The average molecular weight is 372 g/mol. The number of nitrogens with one attached hydrogen (secondary N) is 1. The van der Waals surface area contributed by atoms with Crippen LogP contribution in [0.15, 0.2) is 36.4 Å². The van der Waals surface area contributed by atoms with E-state index in [1.807, 2.05) is 24.3 Å². The van der Waals surface area contributed by atoms with Crippen molar-refractivity contribution in [2.45, 2.75) is 38.4 Å². The van der Waals surface area contributed by atoms with Crippen molar-refractivity contribution < 1.29 is 14.3 Å². The topological polar surface area (TPSA) is 47.6 Å². The number of hydrogen-bond acceptors (Lipinski definition) is 3. The van der Waals surface area contributed by atoms with Crippen molar-refractivity contribution in [3.05, 3.63) is 52.5 Å². The van der Waals surface area contributed by atoms with Crippen LogP contribution in [-0.4, -0.2) is 31.3 Å². The molecule has 0 spiro atoms. The quantitative estimate of drug-likeness (QED) is 0.886. The van der Waals surface area contributed by atoms with Gasteiger partial charge >= 0.3 is 0 Å². The van der Waals surface area contributed by atoms with Crippen LogP contribution >= 0.6 is 11.6 Å². The van der Waals surface area contributed by atoms with Gasteiger partial charge in [-0.25, -0.2) is 0 Å². The van der Waals surface area contributed by atoms with E-state index in [0.29, 0.717) is 18.2 Å². The number of aryl methyl sites for hydroxylation is 1. The molecule has 2 aliphatic heterocycles. The van der Waals surface area contributed by atoms with Crippen LogP contribution in [0, 0.1) is 6.92 Å². The molecule has 0 radical (unpaired) electrons. The number of amides is 1. The Morgan fingerprint density at radius 2 is 2.08 bits per heavy atom. The van der Waals surface area contributed by atoms with Gasteiger partial charge in [-0.15, -0.1) is 0 Å². The summed E-state index contributed by atoms with van der Waals surface area (Å²) < 4.78 is 11.6. The van der Waals surface area contributed by atoms with Crippen LogP contribution in [0.5, 0.6) is 5.75 Å². The molecule has 0 aromatic heterocycles. The average Bonchev–Trinajstić information content (AvgIpc) is 3.29. The molecule has 1 fully saturated rings. The summed E-state index contributed by atoms with van der Waals surface area (Å²) in [6.45, 7) is 3.26. The van der Waals surface area contributed by atoms with E-state index < -0.39 is 0 Å². The van der Waals surface area contributed by atoms with E-state index in [1.165, 1.54) is 11.1 Å². The number of carbonyl (C=O) groups is 1. The molecule has 1 saturated heterocycles. The van der Waals surface area contributed by atoms with Gasteiger partial charge in [-0.2, -0.15) is 0 Å². The smallest absolute Gasteiger partial charge is 0.249 e. The van der Waals surface area contributed by atoms with E-state index in [-0.39, 0.29) is 18.1 Å². The number of hydrogen-bond donors (Lipinski definition) is 1. The van der Waals surface area contributed by atoms with Crippen molar-refractivity contribution in [3.8, 4) is 16.9 Å². The molecule has 1 amide bonds. The number of rotatable bonds is 4. The second-order valence-corrected chi connectivity index (χ2v) is 7.43. The van der Waals surface area contributed by atoms with Crippen LogP contribution < -0.4 is 10.1 Å². The Morgan fingerprint density at radius 3 is 2.81 bits per heavy atom. The SMILES string of the molecule is Cc1cc2c(c(-c3ccc(Cl)cc3)c1)O[C@@H](CNC(=O)[C@H]1CCCO1)C2. The van der Waals surface area contributed by atoms with E-state index in [4.69, 9.17) is 21.1 Å². The molecule has 0 bridgehead atoms. The molecule has 1 N–H and O–H groups in total. The third-order valence-corrected chi connectivity index (χ3v) is 5.18. The zero-order valence-corrected chi connectivity index (χ0v) is 15.5. The largest absolute Gasteiger partial charge is 0.487 e. The molecule has 4 rings (SSSR count). The predicted molar refractivity (Wildman–Crippen MR) is 102 cm³/mol. The van der Waals surface area contributed by atoms with Crippen LogP contribution in [0.25, 0.3) is 11.1 Å². The second-order valence-electron chi connectivity index (χ2n) is 7.00. The molecule has 2 aromatic rings. The maximum atomic E-state index is 12.1. The molecule has 2 aliphatic rings. The Labute approximate surface area is 158 Å². The Balaban J connectivity index is 1.48. The molecule has 4 nitrogen and oxygen atoms in total. The van der Waals surface area contributed by atoms with Crippen molar-refractivity contribution in [1.82, 2.24) is 5.32 Å². The first-order chi connectivity index (χ1) is 12.6. The molecule has 2 atom stereocenters. The van der Waals surface area contributed by atoms with E-state index in [2.05, 4.69) is 24.4 Å². The summed E-state index contributed by atoms with van der Waals surface area (Å²) in [6, 6.07) is 12.1. The minimum atomic E-state index is -0.300. The van der Waals surface area contributed by atoms with Gasteiger partial charge in [0.25, 0.3) is 0 Å². The van der Waals surface area contributed by atoms with Crippen LogP contribution in [0.2, 0.25) is 5.02 Å². The van der Waals surface area contributed by atoms with E-state index in [0.717, 1.165) is 36.1 Å². The molecule has 5 heteroatoms. The number of halogens is 1. The van der Waals surface area contributed by atoms with Crippen LogP contribution in [0.1, 0.15) is 24.0 Å². The Hall–Kier alpha value is -2.04. The standard InChI is InChI=1S/C21H22ClNO3/c1-13-9-15-11-17(12-23-21(24)19-3-2-8-25-19)26-20(15)18(10-13)14-4-6-16(22)7-5-14/h4-7,9-10,17,19H,2-3,8,11-12H2,1H3,(H,23,24)/t17-,19-/m1/s1. The van der Waals surface area contributed by atoms with E-state index in [1.54, 1.807) is 0 Å². The fourth-order valence-corrected chi connectivity index (χ4v) is 3.79. The zero-order chi connectivity index (χ0) is 18.1. The van der Waals surface area contributed by atoms with Crippen LogP contribution in [0.4, 0.5) is 0 Å². The molecule has 26 heavy (non-hydrogen) atoms. The lowest BCUT2D eigenvalue weighted by atomic mass is 9.98. The van der Waals surface area contributed by atoms with E-state index in [9.17, 15) is 4.79 Å². The van der Waals surface area contributed by atoms with Gasteiger partial charge in [0.15, 0.2) is 0 Å². The normalized spacial score (nSPS) is 21.3. The number of fused-ring (bicyclic) bond motifs is 1. The summed E-state index contributed by atoms with van der Waals surface area (Å²) in [5.74, 6) is 0.880. The molecule has 136 valence electrons. The van der Waals surface area contributed by atoms with Crippen molar-refractivity contribution in [2.24, 2.45) is 0 Å². The zero-order valence-electron chi connectivity index (χ0n) is 14.8. The summed E-state index contributed by atoms with van der Waals surface area (Å²) in [4.78, 5) is 12.1. The van der Waals surface area contributed by atoms with Gasteiger partial charge in [0.05, 0.1) is 6.54 Å². The molecule has 0 aliphatic carbocycles. The van der Waals surface area contributed by atoms with Gasteiger partial charge in [0.1, 0.15) is 18.0 Å². The molecule has 0 unspecified atom stereocenters. The maximum absolute atomic E-state index is 12.1. The Morgan fingerprint density at radius 1 is 1.27 bits per heavy atom. The summed E-state index contributed by atoms with van der Waals surface area (Å²) in [6.07, 6.45) is 2.20. The highest BCUT2D eigenvalue weighted by Crippen LogP contribution is 2.40. The van der Waals surface area contributed by atoms with Gasteiger partial charge in [-0.1, -0.05) is 29.8 Å².